The molecule has 4 amide bonds. The standard InChI is InChI=1S/C23H35N5O5.C2HF3O2/c1-25-22(30)26-18-9-12-27(13-10-18)21(29)20(24)16-32-15-19-8-5-11-28(19)23(31)33-14-17-6-3-2-4-7-17;3-2(4,5)1(6)7/h2-4,6-7,18-20H,5,8-16,24H2,1H3,(H2,25,26,30);(H,6,7)/t19-,20?;/m0./s1. The van der Waals surface area contributed by atoms with E-state index in [1.54, 1.807) is 16.8 Å². The normalized spacial score (nSPS) is 18.3. The number of aliphatic carboxylic acids is 1. The topological polar surface area (TPSA) is 164 Å². The lowest BCUT2D eigenvalue weighted by Crippen LogP contribution is -2.53. The van der Waals surface area contributed by atoms with Crippen LogP contribution in [0.1, 0.15) is 31.2 Å². The Labute approximate surface area is 229 Å². The van der Waals surface area contributed by atoms with Crippen molar-refractivity contribution in [3.05, 3.63) is 35.9 Å². The number of rotatable bonds is 8. The average Bonchev–Trinajstić information content (AvgIpc) is 3.40. The Kier molecular flexibility index (Phi) is 12.9. The van der Waals surface area contributed by atoms with Gasteiger partial charge in [0.1, 0.15) is 12.6 Å². The van der Waals surface area contributed by atoms with Gasteiger partial charge in [-0.05, 0) is 31.2 Å². The van der Waals surface area contributed by atoms with Crippen molar-refractivity contribution < 1.29 is 46.9 Å². The molecule has 40 heavy (non-hydrogen) atoms. The number of urea groups is 1. The maximum absolute atomic E-state index is 12.6. The van der Waals surface area contributed by atoms with Crippen LogP contribution in [-0.2, 0) is 25.7 Å². The molecule has 15 heteroatoms. The van der Waals surface area contributed by atoms with Crippen LogP contribution in [0.25, 0.3) is 0 Å². The van der Waals surface area contributed by atoms with Gasteiger partial charge in [0, 0.05) is 32.7 Å². The summed E-state index contributed by atoms with van der Waals surface area (Å²) in [6.07, 6.45) is -2.34. The Bertz CT molecular complexity index is 975. The lowest BCUT2D eigenvalue weighted by atomic mass is 10.0. The number of carboxylic acid groups (broad SMARTS) is 1. The lowest BCUT2D eigenvalue weighted by molar-refractivity contribution is -0.192. The molecule has 0 saturated carbocycles. The molecule has 224 valence electrons. The first kappa shape index (κ1) is 32.6. The number of amides is 4. The van der Waals surface area contributed by atoms with E-state index in [0.29, 0.717) is 39.1 Å². The molecule has 0 spiro atoms. The van der Waals surface area contributed by atoms with E-state index in [9.17, 15) is 27.6 Å². The van der Waals surface area contributed by atoms with Crippen LogP contribution in [0.5, 0.6) is 0 Å². The van der Waals surface area contributed by atoms with Gasteiger partial charge >= 0.3 is 24.3 Å². The number of hydrogen-bond donors (Lipinski definition) is 4. The summed E-state index contributed by atoms with van der Waals surface area (Å²) in [4.78, 5) is 48.9. The van der Waals surface area contributed by atoms with Crippen LogP contribution in [0.2, 0.25) is 0 Å². The van der Waals surface area contributed by atoms with Gasteiger partial charge in [0.25, 0.3) is 0 Å². The molecule has 2 fully saturated rings. The van der Waals surface area contributed by atoms with Crippen LogP contribution in [0, 0.1) is 0 Å². The first-order chi connectivity index (χ1) is 18.9. The Morgan fingerprint density at radius 3 is 2.30 bits per heavy atom. The number of ether oxygens (including phenoxy) is 2. The van der Waals surface area contributed by atoms with Crippen LogP contribution in [0.15, 0.2) is 30.3 Å². The predicted molar refractivity (Wildman–Crippen MR) is 136 cm³/mol. The van der Waals surface area contributed by atoms with Crippen LogP contribution in [-0.4, -0.2) is 103 Å². The maximum atomic E-state index is 12.6. The van der Waals surface area contributed by atoms with Crippen molar-refractivity contribution in [3.8, 4) is 0 Å². The van der Waals surface area contributed by atoms with Crippen LogP contribution in [0.4, 0.5) is 22.8 Å². The molecule has 2 atom stereocenters. The third-order valence-corrected chi connectivity index (χ3v) is 6.35. The van der Waals surface area contributed by atoms with E-state index < -0.39 is 18.2 Å². The number of likely N-dealkylation sites (tertiary alicyclic amines) is 2. The van der Waals surface area contributed by atoms with Crippen molar-refractivity contribution in [1.82, 2.24) is 20.4 Å². The number of halogens is 3. The monoisotopic (exact) mass is 575 g/mol. The molecular weight excluding hydrogens is 539 g/mol. The molecule has 12 nitrogen and oxygen atoms in total. The van der Waals surface area contributed by atoms with Gasteiger partial charge in [-0.1, -0.05) is 30.3 Å². The second-order valence-electron chi connectivity index (χ2n) is 9.30. The number of benzene rings is 1. The molecule has 1 aromatic rings. The van der Waals surface area contributed by atoms with E-state index in [-0.39, 0.29) is 43.3 Å². The zero-order valence-corrected chi connectivity index (χ0v) is 22.2. The highest BCUT2D eigenvalue weighted by Gasteiger charge is 2.38. The molecular formula is C25H36F3N5O7. The molecule has 2 heterocycles. The number of carboxylic acids is 1. The van der Waals surface area contributed by atoms with E-state index in [4.69, 9.17) is 25.1 Å². The SMILES string of the molecule is CNC(=O)NC1CCN(C(=O)C(N)COC[C@@H]2CCCN2C(=O)OCc2ccccc2)CC1.O=C(O)C(F)(F)F. The second-order valence-corrected chi connectivity index (χ2v) is 9.30. The predicted octanol–water partition coefficient (Wildman–Crippen LogP) is 1.68. The number of hydrogen-bond acceptors (Lipinski definition) is 7. The minimum atomic E-state index is -5.08. The van der Waals surface area contributed by atoms with Gasteiger partial charge in [-0.2, -0.15) is 13.2 Å². The molecule has 2 aliphatic rings. The van der Waals surface area contributed by atoms with Crippen LogP contribution in [0.3, 0.4) is 0 Å². The maximum Gasteiger partial charge on any atom is 0.490 e. The molecule has 2 saturated heterocycles. The molecule has 0 bridgehead atoms. The largest absolute Gasteiger partial charge is 0.490 e. The van der Waals surface area contributed by atoms with Crippen molar-refractivity contribution in [2.45, 2.75) is 56.6 Å². The zero-order chi connectivity index (χ0) is 29.7. The summed E-state index contributed by atoms with van der Waals surface area (Å²) in [6, 6.07) is 8.56. The Morgan fingerprint density at radius 2 is 1.73 bits per heavy atom. The van der Waals surface area contributed by atoms with Crippen LogP contribution >= 0.6 is 0 Å². The summed E-state index contributed by atoms with van der Waals surface area (Å²) in [5.74, 6) is -2.91. The first-order valence-electron chi connectivity index (χ1n) is 12.8. The van der Waals surface area contributed by atoms with Crippen molar-refractivity contribution >= 4 is 24.0 Å². The van der Waals surface area contributed by atoms with Crippen molar-refractivity contribution in [2.75, 3.05) is 39.9 Å². The van der Waals surface area contributed by atoms with Gasteiger partial charge in [-0.3, -0.25) is 4.79 Å². The minimum Gasteiger partial charge on any atom is -0.475 e. The second kappa shape index (κ2) is 15.9. The summed E-state index contributed by atoms with van der Waals surface area (Å²) in [6.45, 7) is 2.37. The number of nitrogens with two attached hydrogens (primary N) is 1. The van der Waals surface area contributed by atoms with E-state index >= 15 is 0 Å². The molecule has 0 radical (unpaired) electrons. The number of nitrogens with zero attached hydrogens (tertiary/aromatic N) is 2. The third kappa shape index (κ3) is 10.9. The van der Waals surface area contributed by atoms with E-state index in [2.05, 4.69) is 10.6 Å². The Morgan fingerprint density at radius 1 is 1.10 bits per heavy atom. The third-order valence-electron chi connectivity index (χ3n) is 6.35. The minimum absolute atomic E-state index is 0.0523. The number of alkyl halides is 3. The number of carbonyl (C=O) groups is 4. The summed E-state index contributed by atoms with van der Waals surface area (Å²) < 4.78 is 42.9. The first-order valence-corrected chi connectivity index (χ1v) is 12.8. The molecule has 1 unspecified atom stereocenters. The summed E-state index contributed by atoms with van der Waals surface area (Å²) in [7, 11) is 1.57. The Hall–Kier alpha value is -3.59. The smallest absolute Gasteiger partial charge is 0.475 e. The van der Waals surface area contributed by atoms with Crippen molar-refractivity contribution in [2.24, 2.45) is 5.73 Å². The number of nitrogens with one attached hydrogen (secondary N) is 2. The van der Waals surface area contributed by atoms with E-state index in [0.717, 1.165) is 18.4 Å². The van der Waals surface area contributed by atoms with Gasteiger partial charge in [0.2, 0.25) is 5.91 Å². The molecule has 0 aromatic heterocycles. The summed E-state index contributed by atoms with van der Waals surface area (Å²) in [5, 5.41) is 12.5. The fourth-order valence-corrected chi connectivity index (χ4v) is 4.19. The van der Waals surface area contributed by atoms with Crippen molar-refractivity contribution in [3.63, 3.8) is 0 Å². The highest BCUT2D eigenvalue weighted by molar-refractivity contribution is 5.82. The van der Waals surface area contributed by atoms with Gasteiger partial charge in [-0.15, -0.1) is 0 Å². The molecule has 1 aromatic carbocycles. The quantitative estimate of drug-likeness (QED) is 0.364. The van der Waals surface area contributed by atoms with Gasteiger partial charge in [0.15, 0.2) is 0 Å². The molecule has 3 rings (SSSR count). The highest BCUT2D eigenvalue weighted by Crippen LogP contribution is 2.19. The lowest BCUT2D eigenvalue weighted by Gasteiger charge is -2.33. The Balaban J connectivity index is 0.000000708. The fourth-order valence-electron chi connectivity index (χ4n) is 4.19. The van der Waals surface area contributed by atoms with Gasteiger partial charge in [-0.25, -0.2) is 14.4 Å². The van der Waals surface area contributed by atoms with Crippen molar-refractivity contribution in [1.29, 1.82) is 0 Å². The summed E-state index contributed by atoms with van der Waals surface area (Å²) >= 11 is 0. The molecule has 5 N–H and O–H groups in total. The number of piperidine rings is 1. The van der Waals surface area contributed by atoms with Gasteiger partial charge < -0.3 is 40.7 Å². The van der Waals surface area contributed by atoms with E-state index in [1.807, 2.05) is 30.3 Å². The number of carbonyl (C=O) groups excluding carboxylic acids is 3. The van der Waals surface area contributed by atoms with Crippen LogP contribution < -0.4 is 16.4 Å². The molecule has 0 aliphatic carbocycles. The average molecular weight is 576 g/mol. The highest BCUT2D eigenvalue weighted by atomic mass is 19.4. The van der Waals surface area contributed by atoms with Gasteiger partial charge in [0.05, 0.1) is 19.3 Å². The fraction of sp³-hybridized carbons (Fsp3) is 0.600. The van der Waals surface area contributed by atoms with E-state index in [1.165, 1.54) is 0 Å². The zero-order valence-electron chi connectivity index (χ0n) is 22.2. The molecule has 2 aliphatic heterocycles. The summed E-state index contributed by atoms with van der Waals surface area (Å²) in [5.41, 5.74) is 7.02.